The van der Waals surface area contributed by atoms with E-state index in [1.165, 1.54) is 0 Å². The lowest BCUT2D eigenvalue weighted by Gasteiger charge is -2.24. The van der Waals surface area contributed by atoms with Gasteiger partial charge in [0.1, 0.15) is 5.75 Å². The highest BCUT2D eigenvalue weighted by molar-refractivity contribution is 5.80. The number of benzene rings is 1. The van der Waals surface area contributed by atoms with Crippen molar-refractivity contribution in [3.05, 3.63) is 24.3 Å². The minimum absolute atomic E-state index is 0.0701. The van der Waals surface area contributed by atoms with Crippen LogP contribution in [0.5, 0.6) is 5.75 Å². The SMILES string of the molecule is CC(C)(CC(N)=O)NC(=O)COc1ccc(N)cc1. The van der Waals surface area contributed by atoms with E-state index in [0.717, 1.165) is 0 Å². The molecule has 6 nitrogen and oxygen atoms in total. The highest BCUT2D eigenvalue weighted by Crippen LogP contribution is 2.13. The van der Waals surface area contributed by atoms with Gasteiger partial charge in [-0.3, -0.25) is 9.59 Å². The number of nitrogens with one attached hydrogen (secondary N) is 1. The average Bonchev–Trinajstić information content (AvgIpc) is 2.25. The monoisotopic (exact) mass is 265 g/mol. The largest absolute Gasteiger partial charge is 0.484 e. The van der Waals surface area contributed by atoms with Crippen molar-refractivity contribution >= 4 is 17.5 Å². The van der Waals surface area contributed by atoms with Crippen molar-refractivity contribution in [2.45, 2.75) is 25.8 Å². The number of carbonyl (C=O) groups is 2. The fourth-order valence-corrected chi connectivity index (χ4v) is 1.61. The van der Waals surface area contributed by atoms with Crippen LogP contribution in [0.4, 0.5) is 5.69 Å². The van der Waals surface area contributed by atoms with Gasteiger partial charge in [0.15, 0.2) is 6.61 Å². The number of ether oxygens (including phenoxy) is 1. The highest BCUT2D eigenvalue weighted by atomic mass is 16.5. The van der Waals surface area contributed by atoms with E-state index < -0.39 is 11.4 Å². The molecule has 2 amide bonds. The molecule has 1 rings (SSSR count). The normalized spacial score (nSPS) is 10.8. The molecule has 6 heteroatoms. The van der Waals surface area contributed by atoms with Crippen molar-refractivity contribution in [2.24, 2.45) is 5.73 Å². The fourth-order valence-electron chi connectivity index (χ4n) is 1.61. The first kappa shape index (κ1) is 14.8. The van der Waals surface area contributed by atoms with Gasteiger partial charge in [-0.2, -0.15) is 0 Å². The first-order chi connectivity index (χ1) is 8.78. The van der Waals surface area contributed by atoms with Crippen LogP contribution >= 0.6 is 0 Å². The van der Waals surface area contributed by atoms with Gasteiger partial charge in [0.25, 0.3) is 5.91 Å². The van der Waals surface area contributed by atoms with Gasteiger partial charge >= 0.3 is 0 Å². The van der Waals surface area contributed by atoms with E-state index in [-0.39, 0.29) is 18.9 Å². The predicted molar refractivity (Wildman–Crippen MR) is 72.4 cm³/mol. The second-order valence-corrected chi connectivity index (χ2v) is 4.93. The number of anilines is 1. The van der Waals surface area contributed by atoms with Gasteiger partial charge in [-0.25, -0.2) is 0 Å². The summed E-state index contributed by atoms with van der Waals surface area (Å²) in [6, 6.07) is 6.73. The Bertz CT molecular complexity index is 455. The van der Waals surface area contributed by atoms with Crippen molar-refractivity contribution in [3.8, 4) is 5.75 Å². The molecule has 1 aromatic rings. The Labute approximate surface area is 112 Å². The molecule has 1 aromatic carbocycles. The molecule has 0 saturated heterocycles. The zero-order valence-electron chi connectivity index (χ0n) is 11.1. The Morgan fingerprint density at radius 3 is 2.37 bits per heavy atom. The van der Waals surface area contributed by atoms with Gasteiger partial charge in [-0.05, 0) is 38.1 Å². The fraction of sp³-hybridized carbons (Fsp3) is 0.385. The quantitative estimate of drug-likeness (QED) is 0.648. The molecule has 0 aliphatic rings. The maximum Gasteiger partial charge on any atom is 0.258 e. The average molecular weight is 265 g/mol. The summed E-state index contributed by atoms with van der Waals surface area (Å²) in [6.07, 6.45) is 0.0701. The summed E-state index contributed by atoms with van der Waals surface area (Å²) in [5, 5.41) is 2.68. The topological polar surface area (TPSA) is 107 Å². The highest BCUT2D eigenvalue weighted by Gasteiger charge is 2.22. The zero-order valence-corrected chi connectivity index (χ0v) is 11.1. The summed E-state index contributed by atoms with van der Waals surface area (Å²) >= 11 is 0. The van der Waals surface area contributed by atoms with Gasteiger partial charge in [-0.15, -0.1) is 0 Å². The van der Waals surface area contributed by atoms with Crippen molar-refractivity contribution in [2.75, 3.05) is 12.3 Å². The Kier molecular flexibility index (Phi) is 4.74. The van der Waals surface area contributed by atoms with Gasteiger partial charge in [-0.1, -0.05) is 0 Å². The van der Waals surface area contributed by atoms with E-state index in [2.05, 4.69) is 5.32 Å². The molecular formula is C13H19N3O3. The molecule has 0 unspecified atom stereocenters. The molecule has 0 bridgehead atoms. The number of primary amides is 1. The molecular weight excluding hydrogens is 246 g/mol. The van der Waals surface area contributed by atoms with Crippen molar-refractivity contribution < 1.29 is 14.3 Å². The summed E-state index contributed by atoms with van der Waals surface area (Å²) in [6.45, 7) is 3.31. The molecule has 0 atom stereocenters. The molecule has 0 fully saturated rings. The number of amides is 2. The standard InChI is InChI=1S/C13H19N3O3/c1-13(2,7-11(15)17)16-12(18)8-19-10-5-3-9(14)4-6-10/h3-6H,7-8,14H2,1-2H3,(H2,15,17)(H,16,18). The van der Waals surface area contributed by atoms with E-state index in [1.807, 2.05) is 0 Å². The lowest BCUT2D eigenvalue weighted by Crippen LogP contribution is -2.47. The Morgan fingerprint density at radius 2 is 1.84 bits per heavy atom. The number of nitrogen functional groups attached to an aromatic ring is 1. The van der Waals surface area contributed by atoms with E-state index >= 15 is 0 Å². The van der Waals surface area contributed by atoms with Crippen LogP contribution in [0.1, 0.15) is 20.3 Å². The first-order valence-electron chi connectivity index (χ1n) is 5.86. The second kappa shape index (κ2) is 6.08. The summed E-state index contributed by atoms with van der Waals surface area (Å²) in [7, 11) is 0. The maximum atomic E-state index is 11.7. The van der Waals surface area contributed by atoms with E-state index in [9.17, 15) is 9.59 Å². The van der Waals surface area contributed by atoms with E-state index in [4.69, 9.17) is 16.2 Å². The van der Waals surface area contributed by atoms with Crippen LogP contribution in [0.15, 0.2) is 24.3 Å². The smallest absolute Gasteiger partial charge is 0.258 e. The van der Waals surface area contributed by atoms with Crippen LogP contribution in [0.25, 0.3) is 0 Å². The van der Waals surface area contributed by atoms with Crippen LogP contribution < -0.4 is 21.5 Å². The van der Waals surface area contributed by atoms with Crippen LogP contribution in [0.3, 0.4) is 0 Å². The third-order valence-corrected chi connectivity index (χ3v) is 2.34. The van der Waals surface area contributed by atoms with Crippen LogP contribution in [-0.2, 0) is 9.59 Å². The lowest BCUT2D eigenvalue weighted by molar-refractivity contribution is -0.125. The molecule has 5 N–H and O–H groups in total. The number of hydrogen-bond donors (Lipinski definition) is 3. The number of carbonyl (C=O) groups excluding carboxylic acids is 2. The Balaban J connectivity index is 2.43. The second-order valence-electron chi connectivity index (χ2n) is 4.93. The molecule has 0 heterocycles. The molecule has 0 spiro atoms. The van der Waals surface area contributed by atoms with Crippen molar-refractivity contribution in [1.82, 2.24) is 5.32 Å². The van der Waals surface area contributed by atoms with Gasteiger partial charge in [0.2, 0.25) is 5.91 Å². The molecule has 104 valence electrons. The summed E-state index contributed by atoms with van der Waals surface area (Å²) < 4.78 is 5.29. The van der Waals surface area contributed by atoms with Crippen LogP contribution in [-0.4, -0.2) is 24.0 Å². The zero-order chi connectivity index (χ0) is 14.5. The van der Waals surface area contributed by atoms with Gasteiger partial charge in [0.05, 0.1) is 0 Å². The third-order valence-electron chi connectivity index (χ3n) is 2.34. The molecule has 19 heavy (non-hydrogen) atoms. The van der Waals surface area contributed by atoms with Crippen molar-refractivity contribution in [1.29, 1.82) is 0 Å². The molecule has 0 aromatic heterocycles. The van der Waals surface area contributed by atoms with E-state index in [1.54, 1.807) is 38.1 Å². The summed E-state index contributed by atoms with van der Waals surface area (Å²) in [4.78, 5) is 22.5. The van der Waals surface area contributed by atoms with E-state index in [0.29, 0.717) is 11.4 Å². The maximum absolute atomic E-state index is 11.7. The molecule has 0 radical (unpaired) electrons. The predicted octanol–water partition coefficient (Wildman–Crippen LogP) is 0.418. The lowest BCUT2D eigenvalue weighted by atomic mass is 10.0. The number of nitrogens with two attached hydrogens (primary N) is 2. The van der Waals surface area contributed by atoms with Crippen LogP contribution in [0, 0.1) is 0 Å². The van der Waals surface area contributed by atoms with Gasteiger partial charge in [0, 0.05) is 17.6 Å². The van der Waals surface area contributed by atoms with Crippen molar-refractivity contribution in [3.63, 3.8) is 0 Å². The Hall–Kier alpha value is -2.24. The molecule has 0 aliphatic heterocycles. The van der Waals surface area contributed by atoms with Crippen LogP contribution in [0.2, 0.25) is 0 Å². The minimum atomic E-state index is -0.687. The minimum Gasteiger partial charge on any atom is -0.484 e. The Morgan fingerprint density at radius 1 is 1.26 bits per heavy atom. The summed E-state index contributed by atoms with van der Waals surface area (Å²) in [5.41, 5.74) is 10.6. The molecule has 0 aliphatic carbocycles. The number of rotatable bonds is 6. The number of hydrogen-bond acceptors (Lipinski definition) is 4. The molecule has 0 saturated carbocycles. The first-order valence-corrected chi connectivity index (χ1v) is 5.86. The van der Waals surface area contributed by atoms with Gasteiger partial charge < -0.3 is 21.5 Å². The summed E-state index contributed by atoms with van der Waals surface area (Å²) in [5.74, 6) is -0.232. The third kappa shape index (κ3) is 5.76.